The highest BCUT2D eigenvalue weighted by atomic mass is 32.2. The number of nitrogens with zero attached hydrogens (tertiary/aromatic N) is 3. The molecule has 9 nitrogen and oxygen atoms in total. The Morgan fingerprint density at radius 2 is 1.65 bits per heavy atom. The number of rotatable bonds is 6. The first-order chi connectivity index (χ1) is 16.1. The lowest BCUT2D eigenvalue weighted by Crippen LogP contribution is -2.55. The second-order valence-corrected chi connectivity index (χ2v) is 11.7. The van der Waals surface area contributed by atoms with E-state index < -0.39 is 23.1 Å². The molecule has 0 bridgehead atoms. The molecule has 190 valence electrons. The summed E-state index contributed by atoms with van der Waals surface area (Å²) in [5, 5.41) is 7.70. The summed E-state index contributed by atoms with van der Waals surface area (Å²) in [4.78, 5) is 55.4. The van der Waals surface area contributed by atoms with Crippen molar-refractivity contribution in [3.8, 4) is 0 Å². The van der Waals surface area contributed by atoms with Gasteiger partial charge in [0.25, 0.3) is 0 Å². The molecule has 3 amide bonds. The molecular weight excluding hydrogens is 454 g/mol. The molecule has 2 aliphatic heterocycles. The van der Waals surface area contributed by atoms with Gasteiger partial charge in [0.15, 0.2) is 5.17 Å². The van der Waals surface area contributed by atoms with Crippen molar-refractivity contribution in [3.05, 3.63) is 0 Å². The standard InChI is InChI=1S/C24H39N5O4S/c1-24(2,3)22(33)29-12-10-16(11-13-29)18(25-20(31)17-8-6-5-7-9-17)19(30)21(32)26-27-23-28(4)14-15-34-23/h16-18H,5-15H2,1-4H3,(H,25,31)(H,26,32). The zero-order chi connectivity index (χ0) is 24.9. The van der Waals surface area contributed by atoms with Gasteiger partial charge in [-0.05, 0) is 31.6 Å². The molecule has 2 N–H and O–H groups in total. The van der Waals surface area contributed by atoms with Gasteiger partial charge >= 0.3 is 5.91 Å². The number of hydrazone groups is 1. The van der Waals surface area contributed by atoms with Crippen molar-refractivity contribution < 1.29 is 19.2 Å². The maximum Gasteiger partial charge on any atom is 0.309 e. The van der Waals surface area contributed by atoms with E-state index in [0.717, 1.165) is 44.4 Å². The number of hydrogen-bond donors (Lipinski definition) is 2. The van der Waals surface area contributed by atoms with Gasteiger partial charge in [-0.25, -0.2) is 5.43 Å². The van der Waals surface area contributed by atoms with Crippen LogP contribution in [-0.2, 0) is 19.2 Å². The summed E-state index contributed by atoms with van der Waals surface area (Å²) in [6.07, 6.45) is 5.89. The van der Waals surface area contributed by atoms with Gasteiger partial charge < -0.3 is 15.1 Å². The van der Waals surface area contributed by atoms with E-state index in [2.05, 4.69) is 15.8 Å². The van der Waals surface area contributed by atoms with Crippen molar-refractivity contribution >= 4 is 40.4 Å². The van der Waals surface area contributed by atoms with Gasteiger partial charge in [-0.3, -0.25) is 19.2 Å². The molecule has 10 heteroatoms. The monoisotopic (exact) mass is 493 g/mol. The van der Waals surface area contributed by atoms with Crippen LogP contribution in [0.4, 0.5) is 0 Å². The molecule has 1 unspecified atom stereocenters. The Balaban J connectivity index is 1.69. The number of carbonyl (C=O) groups excluding carboxylic acids is 4. The van der Waals surface area contributed by atoms with E-state index in [1.54, 1.807) is 0 Å². The lowest BCUT2D eigenvalue weighted by Gasteiger charge is -2.38. The SMILES string of the molecule is CN1CCSC1=NNC(=O)C(=O)C(NC(=O)C1CCCCC1)C1CCN(C(=O)C(C)(C)C)CC1. The van der Waals surface area contributed by atoms with E-state index in [1.165, 1.54) is 11.8 Å². The molecule has 1 aliphatic carbocycles. The van der Waals surface area contributed by atoms with E-state index in [0.29, 0.717) is 31.1 Å². The van der Waals surface area contributed by atoms with Gasteiger partial charge in [0.05, 0.1) is 0 Å². The molecule has 1 saturated carbocycles. The molecular formula is C24H39N5O4S. The predicted octanol–water partition coefficient (Wildman–Crippen LogP) is 1.97. The van der Waals surface area contributed by atoms with Crippen molar-refractivity contribution in [1.82, 2.24) is 20.5 Å². The minimum Gasteiger partial charge on any atom is -0.352 e. The molecule has 3 aliphatic rings. The lowest BCUT2D eigenvalue weighted by atomic mass is 9.84. The number of ketones is 1. The fourth-order valence-corrected chi connectivity index (χ4v) is 5.81. The van der Waals surface area contributed by atoms with Crippen molar-refractivity contribution in [2.45, 2.75) is 71.8 Å². The van der Waals surface area contributed by atoms with E-state index in [1.807, 2.05) is 37.6 Å². The van der Waals surface area contributed by atoms with Crippen LogP contribution >= 0.6 is 11.8 Å². The topological polar surface area (TPSA) is 111 Å². The van der Waals surface area contributed by atoms with Crippen LogP contribution in [0.5, 0.6) is 0 Å². The van der Waals surface area contributed by atoms with Crippen LogP contribution in [0.1, 0.15) is 65.7 Å². The van der Waals surface area contributed by atoms with Gasteiger partial charge in [0.2, 0.25) is 17.6 Å². The molecule has 0 aromatic rings. The maximum atomic E-state index is 13.2. The quantitative estimate of drug-likeness (QED) is 0.432. The zero-order valence-corrected chi connectivity index (χ0v) is 21.7. The number of thioether (sulfide) groups is 1. The number of hydrogen-bond acceptors (Lipinski definition) is 6. The fourth-order valence-electron chi connectivity index (χ4n) is 4.84. The molecule has 2 heterocycles. The van der Waals surface area contributed by atoms with Crippen LogP contribution in [0.15, 0.2) is 5.10 Å². The summed E-state index contributed by atoms with van der Waals surface area (Å²) in [6.45, 7) is 7.53. The molecule has 0 aromatic heterocycles. The van der Waals surface area contributed by atoms with Gasteiger partial charge in [-0.2, -0.15) is 0 Å². The number of Topliss-reactive ketones (excluding diaryl/α,β-unsaturated/α-hetero) is 1. The Bertz CT molecular complexity index is 811. The fraction of sp³-hybridized carbons (Fsp3) is 0.792. The molecule has 0 radical (unpaired) electrons. The predicted molar refractivity (Wildman–Crippen MR) is 133 cm³/mol. The van der Waals surface area contributed by atoms with E-state index in [9.17, 15) is 19.2 Å². The Morgan fingerprint density at radius 1 is 1.00 bits per heavy atom. The third kappa shape index (κ3) is 6.73. The average Bonchev–Trinajstić information content (AvgIpc) is 3.24. The number of amidine groups is 1. The molecule has 3 rings (SSSR count). The second kappa shape index (κ2) is 11.6. The summed E-state index contributed by atoms with van der Waals surface area (Å²) in [5.41, 5.74) is 1.92. The van der Waals surface area contributed by atoms with Crippen LogP contribution in [0.3, 0.4) is 0 Å². The van der Waals surface area contributed by atoms with E-state index in [-0.39, 0.29) is 23.7 Å². The van der Waals surface area contributed by atoms with Gasteiger partial charge in [-0.15, -0.1) is 5.10 Å². The van der Waals surface area contributed by atoms with Crippen molar-refractivity contribution in [3.63, 3.8) is 0 Å². The number of amides is 3. The largest absolute Gasteiger partial charge is 0.352 e. The number of likely N-dealkylation sites (tertiary alicyclic amines) is 1. The molecule has 34 heavy (non-hydrogen) atoms. The zero-order valence-electron chi connectivity index (χ0n) is 20.9. The first-order valence-corrected chi connectivity index (χ1v) is 13.4. The first kappa shape index (κ1) is 26.5. The Labute approximate surface area is 206 Å². The summed E-state index contributed by atoms with van der Waals surface area (Å²) in [6, 6.07) is -0.907. The van der Waals surface area contributed by atoms with Crippen LogP contribution in [0.2, 0.25) is 0 Å². The summed E-state index contributed by atoms with van der Waals surface area (Å²) in [5.74, 6) is -0.978. The van der Waals surface area contributed by atoms with Gasteiger partial charge in [-0.1, -0.05) is 51.8 Å². The number of piperidine rings is 1. The van der Waals surface area contributed by atoms with Crippen molar-refractivity contribution in [1.29, 1.82) is 0 Å². The third-order valence-corrected chi connectivity index (χ3v) is 8.01. The summed E-state index contributed by atoms with van der Waals surface area (Å²) >= 11 is 1.52. The van der Waals surface area contributed by atoms with E-state index >= 15 is 0 Å². The van der Waals surface area contributed by atoms with Crippen LogP contribution < -0.4 is 10.7 Å². The molecule has 3 fully saturated rings. The maximum absolute atomic E-state index is 13.2. The van der Waals surface area contributed by atoms with E-state index in [4.69, 9.17) is 0 Å². The average molecular weight is 494 g/mol. The second-order valence-electron chi connectivity index (χ2n) is 10.7. The normalized spacial score (nSPS) is 22.5. The van der Waals surface area contributed by atoms with Crippen LogP contribution in [-0.4, -0.2) is 76.9 Å². The molecule has 0 aromatic carbocycles. The Kier molecular flexibility index (Phi) is 9.01. The van der Waals surface area contributed by atoms with Gasteiger partial charge in [0.1, 0.15) is 6.04 Å². The molecule has 1 atom stereocenters. The van der Waals surface area contributed by atoms with Crippen LogP contribution in [0, 0.1) is 17.3 Å². The number of nitrogens with one attached hydrogen (secondary N) is 2. The lowest BCUT2D eigenvalue weighted by molar-refractivity contribution is -0.144. The van der Waals surface area contributed by atoms with Crippen molar-refractivity contribution in [2.24, 2.45) is 22.4 Å². The highest BCUT2D eigenvalue weighted by Crippen LogP contribution is 2.28. The van der Waals surface area contributed by atoms with Crippen molar-refractivity contribution in [2.75, 3.05) is 32.4 Å². The number of carbonyl (C=O) groups is 4. The Hall–Kier alpha value is -2.10. The molecule has 0 spiro atoms. The first-order valence-electron chi connectivity index (χ1n) is 12.4. The highest BCUT2D eigenvalue weighted by Gasteiger charge is 2.39. The van der Waals surface area contributed by atoms with Gasteiger partial charge in [0, 0.05) is 43.8 Å². The third-order valence-electron chi connectivity index (χ3n) is 6.96. The smallest absolute Gasteiger partial charge is 0.309 e. The summed E-state index contributed by atoms with van der Waals surface area (Å²) in [7, 11) is 1.88. The minimum atomic E-state index is -0.907. The van der Waals surface area contributed by atoms with Crippen LogP contribution in [0.25, 0.3) is 0 Å². The highest BCUT2D eigenvalue weighted by molar-refractivity contribution is 8.14. The minimum absolute atomic E-state index is 0.0758. The molecule has 2 saturated heterocycles. The Morgan fingerprint density at radius 3 is 2.21 bits per heavy atom. The summed E-state index contributed by atoms with van der Waals surface area (Å²) < 4.78 is 0.